The Hall–Kier alpha value is -2.86. The lowest BCUT2D eigenvalue weighted by molar-refractivity contribution is 0.111. The first-order valence-corrected chi connectivity index (χ1v) is 9.36. The molecule has 0 aliphatic heterocycles. The summed E-state index contributed by atoms with van der Waals surface area (Å²) in [6.45, 7) is 3.90. The minimum atomic E-state index is -0.319. The minimum Gasteiger partial charge on any atom is -0.296 e. The van der Waals surface area contributed by atoms with Crippen LogP contribution in [0.25, 0.3) is 0 Å². The molecule has 27 heavy (non-hydrogen) atoms. The number of carbonyl (C=O) groups is 1. The van der Waals surface area contributed by atoms with Crippen LogP contribution in [0.4, 0.5) is 4.39 Å². The van der Waals surface area contributed by atoms with Gasteiger partial charge in [0.15, 0.2) is 6.29 Å². The van der Waals surface area contributed by atoms with Gasteiger partial charge < -0.3 is 0 Å². The lowest BCUT2D eigenvalue weighted by Crippen LogP contribution is -2.20. The van der Waals surface area contributed by atoms with Crippen molar-refractivity contribution in [2.24, 2.45) is 5.10 Å². The first kappa shape index (κ1) is 18.9. The SMILES string of the molecule is Cc1nc(C=O)c(/C(=N\N(C)C(C)c2ccccc2)c2ccc(F)cc2)s1. The molecule has 1 unspecified atom stereocenters. The first-order valence-electron chi connectivity index (χ1n) is 8.55. The molecule has 6 heteroatoms. The van der Waals surface area contributed by atoms with Gasteiger partial charge in [-0.2, -0.15) is 5.10 Å². The molecule has 2 aromatic carbocycles. The van der Waals surface area contributed by atoms with E-state index in [9.17, 15) is 9.18 Å². The molecular weight excluding hydrogens is 361 g/mol. The van der Waals surface area contributed by atoms with Gasteiger partial charge in [0.25, 0.3) is 0 Å². The number of hydrogen-bond acceptors (Lipinski definition) is 5. The van der Waals surface area contributed by atoms with Gasteiger partial charge in [-0.15, -0.1) is 11.3 Å². The zero-order valence-electron chi connectivity index (χ0n) is 15.4. The average molecular weight is 381 g/mol. The van der Waals surface area contributed by atoms with Gasteiger partial charge in [0.2, 0.25) is 0 Å². The zero-order valence-corrected chi connectivity index (χ0v) is 16.2. The largest absolute Gasteiger partial charge is 0.296 e. The number of hydrogen-bond donors (Lipinski definition) is 0. The Bertz CT molecular complexity index is 951. The summed E-state index contributed by atoms with van der Waals surface area (Å²) in [5.41, 5.74) is 2.81. The zero-order chi connectivity index (χ0) is 19.4. The van der Waals surface area contributed by atoms with E-state index in [1.54, 1.807) is 12.1 Å². The van der Waals surface area contributed by atoms with Gasteiger partial charge in [0.05, 0.1) is 15.9 Å². The van der Waals surface area contributed by atoms with Crippen molar-refractivity contribution in [1.29, 1.82) is 0 Å². The summed E-state index contributed by atoms with van der Waals surface area (Å²) < 4.78 is 13.4. The van der Waals surface area contributed by atoms with E-state index in [-0.39, 0.29) is 11.9 Å². The standard InChI is InChI=1S/C21H20FN3OS/c1-14(16-7-5-4-6-8-16)25(3)24-20(17-9-11-18(22)12-10-17)21-19(13-26)23-15(2)27-21/h4-14H,1-3H3/b24-20-. The Kier molecular flexibility index (Phi) is 5.76. The van der Waals surface area contributed by atoms with Crippen molar-refractivity contribution in [3.63, 3.8) is 0 Å². The number of aryl methyl sites for hydroxylation is 1. The van der Waals surface area contributed by atoms with E-state index in [4.69, 9.17) is 5.10 Å². The van der Waals surface area contributed by atoms with Gasteiger partial charge in [-0.1, -0.05) is 30.3 Å². The summed E-state index contributed by atoms with van der Waals surface area (Å²) in [4.78, 5) is 16.4. The number of aldehydes is 1. The Morgan fingerprint density at radius 1 is 1.19 bits per heavy atom. The molecule has 3 rings (SSSR count). The van der Waals surface area contributed by atoms with E-state index in [1.165, 1.54) is 23.5 Å². The van der Waals surface area contributed by atoms with Crippen LogP contribution in [0.3, 0.4) is 0 Å². The molecule has 1 aromatic heterocycles. The molecule has 0 fully saturated rings. The molecule has 4 nitrogen and oxygen atoms in total. The maximum atomic E-state index is 13.4. The minimum absolute atomic E-state index is 0.0235. The molecule has 0 aliphatic rings. The molecular formula is C21H20FN3OS. The van der Waals surface area contributed by atoms with Crippen molar-refractivity contribution in [2.75, 3.05) is 7.05 Å². The molecule has 0 N–H and O–H groups in total. The van der Waals surface area contributed by atoms with Crippen molar-refractivity contribution < 1.29 is 9.18 Å². The molecule has 138 valence electrons. The monoisotopic (exact) mass is 381 g/mol. The topological polar surface area (TPSA) is 45.6 Å². The molecule has 0 radical (unpaired) electrons. The second-order valence-corrected chi connectivity index (χ2v) is 7.38. The van der Waals surface area contributed by atoms with Crippen molar-refractivity contribution in [1.82, 2.24) is 9.99 Å². The van der Waals surface area contributed by atoms with Crippen molar-refractivity contribution in [3.8, 4) is 0 Å². The maximum absolute atomic E-state index is 13.4. The van der Waals surface area contributed by atoms with E-state index < -0.39 is 0 Å². The second kappa shape index (κ2) is 8.22. The average Bonchev–Trinajstić information content (AvgIpc) is 3.07. The molecule has 0 spiro atoms. The Balaban J connectivity index is 2.07. The number of halogens is 1. The van der Waals surface area contributed by atoms with Gasteiger partial charge in [-0.05, 0) is 43.7 Å². The number of thiazole rings is 1. The van der Waals surface area contributed by atoms with E-state index in [2.05, 4.69) is 11.9 Å². The van der Waals surface area contributed by atoms with Gasteiger partial charge in [-0.25, -0.2) is 9.37 Å². The first-order chi connectivity index (χ1) is 13.0. The summed E-state index contributed by atoms with van der Waals surface area (Å²) in [5, 5.41) is 7.41. The quantitative estimate of drug-likeness (QED) is 0.348. The Morgan fingerprint density at radius 3 is 2.48 bits per heavy atom. The van der Waals surface area contributed by atoms with Crippen LogP contribution in [-0.2, 0) is 0 Å². The number of rotatable bonds is 6. The summed E-state index contributed by atoms with van der Waals surface area (Å²) in [6.07, 6.45) is 0.735. The third-order valence-electron chi connectivity index (χ3n) is 4.30. The molecule has 0 aliphatic carbocycles. The number of carbonyl (C=O) groups excluding carboxylic acids is 1. The molecule has 1 heterocycles. The van der Waals surface area contributed by atoms with Crippen LogP contribution in [0, 0.1) is 12.7 Å². The number of aromatic nitrogens is 1. The fraction of sp³-hybridized carbons (Fsp3) is 0.190. The highest BCUT2D eigenvalue weighted by Gasteiger charge is 2.19. The third-order valence-corrected chi connectivity index (χ3v) is 5.30. The van der Waals surface area contributed by atoms with Crippen LogP contribution in [0.5, 0.6) is 0 Å². The maximum Gasteiger partial charge on any atom is 0.170 e. The molecule has 0 saturated carbocycles. The number of nitrogens with zero attached hydrogens (tertiary/aromatic N) is 3. The highest BCUT2D eigenvalue weighted by molar-refractivity contribution is 7.14. The van der Waals surface area contributed by atoms with E-state index >= 15 is 0 Å². The summed E-state index contributed by atoms with van der Waals surface area (Å²) in [6, 6.07) is 16.2. The van der Waals surface area contributed by atoms with E-state index in [0.29, 0.717) is 16.3 Å². The van der Waals surface area contributed by atoms with Crippen LogP contribution in [0.2, 0.25) is 0 Å². The Morgan fingerprint density at radius 2 is 1.85 bits per heavy atom. The highest BCUT2D eigenvalue weighted by Crippen LogP contribution is 2.25. The van der Waals surface area contributed by atoms with Crippen molar-refractivity contribution in [2.45, 2.75) is 19.9 Å². The van der Waals surface area contributed by atoms with Crippen molar-refractivity contribution in [3.05, 3.63) is 87.1 Å². The molecule has 0 saturated heterocycles. The summed E-state index contributed by atoms with van der Waals surface area (Å²) in [5.74, 6) is -0.319. The van der Waals surface area contributed by atoms with Crippen molar-refractivity contribution >= 4 is 23.3 Å². The van der Waals surface area contributed by atoms with E-state index in [0.717, 1.165) is 22.4 Å². The second-order valence-electron chi connectivity index (χ2n) is 6.18. The molecule has 3 aromatic rings. The Labute approximate surface area is 162 Å². The van der Waals surface area contributed by atoms with Gasteiger partial charge >= 0.3 is 0 Å². The fourth-order valence-corrected chi connectivity index (χ4v) is 3.62. The fourth-order valence-electron chi connectivity index (χ4n) is 2.73. The predicted octanol–water partition coefficient (Wildman–Crippen LogP) is 4.85. The van der Waals surface area contributed by atoms with Crippen LogP contribution in [0.1, 0.15) is 44.5 Å². The van der Waals surface area contributed by atoms with Gasteiger partial charge in [0, 0.05) is 12.6 Å². The normalized spacial score (nSPS) is 12.7. The van der Waals surface area contributed by atoms with Gasteiger partial charge in [-0.3, -0.25) is 9.80 Å². The smallest absolute Gasteiger partial charge is 0.170 e. The third kappa shape index (κ3) is 4.28. The molecule has 0 bridgehead atoms. The van der Waals surface area contributed by atoms with Crippen LogP contribution < -0.4 is 0 Å². The lowest BCUT2D eigenvalue weighted by atomic mass is 10.1. The van der Waals surface area contributed by atoms with Gasteiger partial charge in [0.1, 0.15) is 17.2 Å². The number of benzene rings is 2. The van der Waals surface area contributed by atoms with Crippen LogP contribution in [-0.4, -0.2) is 29.0 Å². The molecule has 0 amide bonds. The van der Waals surface area contributed by atoms with E-state index in [1.807, 2.05) is 49.3 Å². The lowest BCUT2D eigenvalue weighted by Gasteiger charge is -2.23. The number of hydrazone groups is 1. The highest BCUT2D eigenvalue weighted by atomic mass is 32.1. The van der Waals surface area contributed by atoms with Crippen LogP contribution >= 0.6 is 11.3 Å². The molecule has 1 atom stereocenters. The summed E-state index contributed by atoms with van der Waals surface area (Å²) >= 11 is 1.40. The van der Waals surface area contributed by atoms with Crippen LogP contribution in [0.15, 0.2) is 59.7 Å². The summed E-state index contributed by atoms with van der Waals surface area (Å²) in [7, 11) is 1.88. The predicted molar refractivity (Wildman–Crippen MR) is 107 cm³/mol.